The molecule has 4 heteroatoms. The third-order valence-corrected chi connectivity index (χ3v) is 2.16. The molecule has 0 saturated carbocycles. The molecule has 66 valence electrons. The minimum atomic E-state index is -0.424. The van der Waals surface area contributed by atoms with Gasteiger partial charge in [0.1, 0.15) is 6.23 Å². The summed E-state index contributed by atoms with van der Waals surface area (Å²) in [6.45, 7) is 0.854. The van der Waals surface area contributed by atoms with E-state index in [2.05, 4.69) is 5.32 Å². The number of hydrogen-bond donors (Lipinski definition) is 4. The largest absolute Gasteiger partial charge is 0.395 e. The van der Waals surface area contributed by atoms with Crippen LogP contribution in [-0.4, -0.2) is 35.6 Å². The summed E-state index contributed by atoms with van der Waals surface area (Å²) in [5.74, 6) is 0.220. The summed E-state index contributed by atoms with van der Waals surface area (Å²) in [5.41, 5.74) is 5.53. The normalized spacial score (nSPS) is 34.1. The highest BCUT2D eigenvalue weighted by Crippen LogP contribution is 2.18. The predicted octanol–water partition coefficient (Wildman–Crippen LogP) is -1.38. The number of aliphatic hydroxyl groups excluding tert-OH is 2. The Bertz CT molecular complexity index is 121. The van der Waals surface area contributed by atoms with Crippen LogP contribution in [0, 0.1) is 5.92 Å². The van der Waals surface area contributed by atoms with Crippen molar-refractivity contribution in [1.29, 1.82) is 0 Å². The van der Waals surface area contributed by atoms with Gasteiger partial charge in [-0.3, -0.25) is 5.32 Å². The average molecular weight is 160 g/mol. The molecule has 1 heterocycles. The van der Waals surface area contributed by atoms with E-state index in [0.717, 1.165) is 13.0 Å². The quantitative estimate of drug-likeness (QED) is 0.410. The van der Waals surface area contributed by atoms with Crippen molar-refractivity contribution >= 4 is 0 Å². The van der Waals surface area contributed by atoms with Crippen LogP contribution in [0.5, 0.6) is 0 Å². The molecule has 1 aliphatic heterocycles. The van der Waals surface area contributed by atoms with Crippen LogP contribution in [-0.2, 0) is 0 Å². The number of rotatable bonds is 3. The first-order valence-electron chi connectivity index (χ1n) is 4.02. The molecule has 1 fully saturated rings. The van der Waals surface area contributed by atoms with Crippen LogP contribution in [0.3, 0.4) is 0 Å². The van der Waals surface area contributed by atoms with Crippen LogP contribution in [0.1, 0.15) is 12.8 Å². The molecule has 0 aromatic carbocycles. The lowest BCUT2D eigenvalue weighted by Crippen LogP contribution is -2.33. The molecule has 0 aromatic rings. The van der Waals surface area contributed by atoms with E-state index in [1.807, 2.05) is 0 Å². The number of nitrogens with one attached hydrogen (secondary N) is 1. The molecule has 0 aliphatic carbocycles. The highest BCUT2D eigenvalue weighted by molar-refractivity contribution is 4.78. The van der Waals surface area contributed by atoms with Gasteiger partial charge in [0.05, 0.1) is 6.61 Å². The van der Waals surface area contributed by atoms with Crippen LogP contribution < -0.4 is 11.1 Å². The second-order valence-corrected chi connectivity index (χ2v) is 3.13. The van der Waals surface area contributed by atoms with Crippen molar-refractivity contribution in [1.82, 2.24) is 5.32 Å². The molecular formula is C7H16N2O2. The van der Waals surface area contributed by atoms with Crippen molar-refractivity contribution in [2.75, 3.05) is 13.2 Å². The molecule has 11 heavy (non-hydrogen) atoms. The smallest absolute Gasteiger partial charge is 0.107 e. The van der Waals surface area contributed by atoms with Gasteiger partial charge in [0.25, 0.3) is 0 Å². The van der Waals surface area contributed by atoms with Gasteiger partial charge in [-0.15, -0.1) is 0 Å². The number of nitrogens with two attached hydrogens (primary N) is 1. The van der Waals surface area contributed by atoms with Gasteiger partial charge in [0, 0.05) is 12.0 Å². The molecule has 1 rings (SSSR count). The van der Waals surface area contributed by atoms with E-state index >= 15 is 0 Å². The van der Waals surface area contributed by atoms with Gasteiger partial charge in [-0.2, -0.15) is 0 Å². The topological polar surface area (TPSA) is 78.5 Å². The SMILES string of the molecule is NC(CO)CC1CCNC1O. The molecule has 4 nitrogen and oxygen atoms in total. The molecule has 0 radical (unpaired) electrons. The molecule has 1 aliphatic rings. The summed E-state index contributed by atoms with van der Waals surface area (Å²) < 4.78 is 0. The molecule has 1 saturated heterocycles. The van der Waals surface area contributed by atoms with Crippen LogP contribution in [0.4, 0.5) is 0 Å². The summed E-state index contributed by atoms with van der Waals surface area (Å²) in [4.78, 5) is 0. The summed E-state index contributed by atoms with van der Waals surface area (Å²) in [7, 11) is 0. The van der Waals surface area contributed by atoms with Gasteiger partial charge < -0.3 is 15.9 Å². The Morgan fingerprint density at radius 2 is 2.36 bits per heavy atom. The van der Waals surface area contributed by atoms with Crippen LogP contribution in [0.2, 0.25) is 0 Å². The van der Waals surface area contributed by atoms with Crippen molar-refractivity contribution in [3.8, 4) is 0 Å². The van der Waals surface area contributed by atoms with Gasteiger partial charge in [-0.1, -0.05) is 0 Å². The lowest BCUT2D eigenvalue weighted by Gasteiger charge is -2.16. The van der Waals surface area contributed by atoms with E-state index in [1.165, 1.54) is 0 Å². The maximum absolute atomic E-state index is 9.29. The summed E-state index contributed by atoms with van der Waals surface area (Å²) >= 11 is 0. The zero-order chi connectivity index (χ0) is 8.27. The summed E-state index contributed by atoms with van der Waals surface area (Å²) in [6.07, 6.45) is 1.23. The van der Waals surface area contributed by atoms with Crippen LogP contribution >= 0.6 is 0 Å². The maximum atomic E-state index is 9.29. The fraction of sp³-hybridized carbons (Fsp3) is 1.00. The van der Waals surface area contributed by atoms with Gasteiger partial charge in [-0.05, 0) is 19.4 Å². The molecule has 3 atom stereocenters. The van der Waals surface area contributed by atoms with Crippen molar-refractivity contribution in [2.45, 2.75) is 25.1 Å². The Balaban J connectivity index is 2.24. The van der Waals surface area contributed by atoms with Crippen molar-refractivity contribution in [3.05, 3.63) is 0 Å². The van der Waals surface area contributed by atoms with Gasteiger partial charge in [0.2, 0.25) is 0 Å². The molecule has 0 spiro atoms. The van der Waals surface area contributed by atoms with E-state index in [-0.39, 0.29) is 18.6 Å². The molecule has 0 amide bonds. The monoisotopic (exact) mass is 160 g/mol. The fourth-order valence-corrected chi connectivity index (χ4v) is 1.45. The second-order valence-electron chi connectivity index (χ2n) is 3.13. The van der Waals surface area contributed by atoms with E-state index in [4.69, 9.17) is 10.8 Å². The Labute approximate surface area is 66.4 Å². The third kappa shape index (κ3) is 2.41. The van der Waals surface area contributed by atoms with E-state index in [9.17, 15) is 5.11 Å². The first kappa shape index (κ1) is 8.93. The lowest BCUT2D eigenvalue weighted by atomic mass is 9.99. The second kappa shape index (κ2) is 4.01. The zero-order valence-corrected chi connectivity index (χ0v) is 6.53. The van der Waals surface area contributed by atoms with E-state index in [1.54, 1.807) is 0 Å². The first-order chi connectivity index (χ1) is 5.24. The molecular weight excluding hydrogens is 144 g/mol. The number of aliphatic hydroxyl groups is 2. The molecule has 0 bridgehead atoms. The minimum absolute atomic E-state index is 0.00319. The highest BCUT2D eigenvalue weighted by Gasteiger charge is 2.25. The standard InChI is InChI=1S/C7H16N2O2/c8-6(4-10)3-5-1-2-9-7(5)11/h5-7,9-11H,1-4,8H2. The Hall–Kier alpha value is -0.160. The fourth-order valence-electron chi connectivity index (χ4n) is 1.45. The Morgan fingerprint density at radius 1 is 1.64 bits per heavy atom. The zero-order valence-electron chi connectivity index (χ0n) is 6.53. The minimum Gasteiger partial charge on any atom is -0.395 e. The Kier molecular flexibility index (Phi) is 3.26. The van der Waals surface area contributed by atoms with E-state index in [0.29, 0.717) is 6.42 Å². The summed E-state index contributed by atoms with van der Waals surface area (Å²) in [5, 5.41) is 20.9. The molecule has 0 aromatic heterocycles. The van der Waals surface area contributed by atoms with Crippen LogP contribution in [0.15, 0.2) is 0 Å². The van der Waals surface area contributed by atoms with Gasteiger partial charge in [-0.25, -0.2) is 0 Å². The average Bonchev–Trinajstić information content (AvgIpc) is 2.37. The predicted molar refractivity (Wildman–Crippen MR) is 41.8 cm³/mol. The van der Waals surface area contributed by atoms with E-state index < -0.39 is 6.23 Å². The maximum Gasteiger partial charge on any atom is 0.107 e. The molecule has 5 N–H and O–H groups in total. The lowest BCUT2D eigenvalue weighted by molar-refractivity contribution is 0.0993. The molecule has 3 unspecified atom stereocenters. The van der Waals surface area contributed by atoms with Crippen molar-refractivity contribution in [3.63, 3.8) is 0 Å². The third-order valence-electron chi connectivity index (χ3n) is 2.16. The van der Waals surface area contributed by atoms with Crippen molar-refractivity contribution < 1.29 is 10.2 Å². The number of hydrogen-bond acceptors (Lipinski definition) is 4. The van der Waals surface area contributed by atoms with Crippen LogP contribution in [0.25, 0.3) is 0 Å². The van der Waals surface area contributed by atoms with Gasteiger partial charge in [0.15, 0.2) is 0 Å². The Morgan fingerprint density at radius 3 is 2.82 bits per heavy atom. The first-order valence-corrected chi connectivity index (χ1v) is 4.02. The summed E-state index contributed by atoms with van der Waals surface area (Å²) in [6, 6.07) is -0.186. The highest BCUT2D eigenvalue weighted by atomic mass is 16.3. The van der Waals surface area contributed by atoms with Crippen molar-refractivity contribution in [2.24, 2.45) is 11.7 Å². The van der Waals surface area contributed by atoms with Gasteiger partial charge >= 0.3 is 0 Å².